The molecule has 4 nitrogen and oxygen atoms in total. The fourth-order valence-corrected chi connectivity index (χ4v) is 2.14. The van der Waals surface area contributed by atoms with Crippen molar-refractivity contribution in [3.05, 3.63) is 70.7 Å². The number of carbonyl (C=O) groups is 1. The third-order valence-electron chi connectivity index (χ3n) is 3.04. The van der Waals surface area contributed by atoms with Crippen molar-refractivity contribution < 1.29 is 19.0 Å². The van der Waals surface area contributed by atoms with Crippen LogP contribution in [0.4, 0.5) is 0 Å². The van der Waals surface area contributed by atoms with Crippen molar-refractivity contribution in [3.63, 3.8) is 0 Å². The van der Waals surface area contributed by atoms with Crippen molar-refractivity contribution in [1.29, 1.82) is 0 Å². The summed E-state index contributed by atoms with van der Waals surface area (Å²) in [5.41, 5.74) is 1.41. The highest BCUT2D eigenvalue weighted by Crippen LogP contribution is 2.29. The first-order valence-corrected chi connectivity index (χ1v) is 7.76. The lowest BCUT2D eigenvalue weighted by atomic mass is 10.2. The Morgan fingerprint density at radius 1 is 1.17 bits per heavy atom. The highest BCUT2D eigenvalue weighted by Gasteiger charge is 2.12. The Morgan fingerprint density at radius 2 is 1.91 bits per heavy atom. The number of methoxy groups -OCH3 is 1. The summed E-state index contributed by atoms with van der Waals surface area (Å²) in [4.78, 5) is 11.9. The molecule has 2 rings (SSSR count). The molecular formula is C18H17BrO4. The molecule has 0 atom stereocenters. The molecule has 0 aliphatic heterocycles. The zero-order chi connectivity index (χ0) is 16.7. The van der Waals surface area contributed by atoms with E-state index in [0.717, 1.165) is 10.0 Å². The topological polar surface area (TPSA) is 44.8 Å². The van der Waals surface area contributed by atoms with Gasteiger partial charge in [0.1, 0.15) is 13.2 Å². The summed E-state index contributed by atoms with van der Waals surface area (Å²) in [6, 6.07) is 12.7. The van der Waals surface area contributed by atoms with E-state index in [-0.39, 0.29) is 6.61 Å². The number of benzene rings is 2. The predicted octanol–water partition coefficient (Wildman–Crippen LogP) is 4.38. The van der Waals surface area contributed by atoms with E-state index in [2.05, 4.69) is 22.5 Å². The Balaban J connectivity index is 2.13. The van der Waals surface area contributed by atoms with Crippen LogP contribution in [0.1, 0.15) is 15.9 Å². The van der Waals surface area contributed by atoms with Crippen LogP contribution in [0.2, 0.25) is 0 Å². The maximum Gasteiger partial charge on any atom is 0.338 e. The van der Waals surface area contributed by atoms with Crippen LogP contribution in [0, 0.1) is 0 Å². The number of hydrogen-bond donors (Lipinski definition) is 0. The van der Waals surface area contributed by atoms with Crippen LogP contribution >= 0.6 is 15.9 Å². The first-order chi connectivity index (χ1) is 11.1. The minimum atomic E-state index is -0.430. The molecule has 0 aliphatic carbocycles. The average Bonchev–Trinajstić information content (AvgIpc) is 2.58. The Labute approximate surface area is 143 Å². The van der Waals surface area contributed by atoms with E-state index in [0.29, 0.717) is 23.7 Å². The molecule has 2 aromatic carbocycles. The van der Waals surface area contributed by atoms with Crippen LogP contribution in [0.3, 0.4) is 0 Å². The van der Waals surface area contributed by atoms with Gasteiger partial charge in [0.2, 0.25) is 0 Å². The van der Waals surface area contributed by atoms with E-state index in [9.17, 15) is 4.79 Å². The lowest BCUT2D eigenvalue weighted by Crippen LogP contribution is -2.06. The molecule has 0 saturated heterocycles. The fourth-order valence-electron chi connectivity index (χ4n) is 1.88. The molecular weight excluding hydrogens is 360 g/mol. The molecule has 0 amide bonds. The minimum Gasteiger partial charge on any atom is -0.493 e. The third kappa shape index (κ3) is 4.86. The summed E-state index contributed by atoms with van der Waals surface area (Å²) in [5, 5.41) is 0. The van der Waals surface area contributed by atoms with Gasteiger partial charge in [-0.1, -0.05) is 40.7 Å². The maximum absolute atomic E-state index is 11.9. The zero-order valence-corrected chi connectivity index (χ0v) is 14.3. The lowest BCUT2D eigenvalue weighted by molar-refractivity contribution is 0.0549. The van der Waals surface area contributed by atoms with Crippen LogP contribution in [-0.4, -0.2) is 19.7 Å². The van der Waals surface area contributed by atoms with Crippen molar-refractivity contribution in [3.8, 4) is 11.5 Å². The molecule has 23 heavy (non-hydrogen) atoms. The first-order valence-electron chi connectivity index (χ1n) is 6.97. The maximum atomic E-state index is 11.9. The quantitative estimate of drug-likeness (QED) is 0.531. The number of carbonyl (C=O) groups excluding carboxylic acids is 1. The second-order valence-corrected chi connectivity index (χ2v) is 5.58. The Hall–Kier alpha value is -2.27. The van der Waals surface area contributed by atoms with E-state index in [4.69, 9.17) is 14.2 Å². The molecule has 0 saturated carbocycles. The van der Waals surface area contributed by atoms with Crippen LogP contribution in [0.15, 0.2) is 59.6 Å². The van der Waals surface area contributed by atoms with Crippen LogP contribution in [0.25, 0.3) is 0 Å². The highest BCUT2D eigenvalue weighted by molar-refractivity contribution is 9.10. The van der Waals surface area contributed by atoms with E-state index in [1.807, 2.05) is 24.3 Å². The molecule has 0 heterocycles. The molecule has 120 valence electrons. The van der Waals surface area contributed by atoms with Gasteiger partial charge in [0.25, 0.3) is 0 Å². The number of rotatable bonds is 7. The van der Waals surface area contributed by atoms with Gasteiger partial charge in [-0.25, -0.2) is 4.79 Å². The molecule has 0 spiro atoms. The zero-order valence-electron chi connectivity index (χ0n) is 12.8. The van der Waals surface area contributed by atoms with Crippen molar-refractivity contribution in [2.45, 2.75) is 6.61 Å². The van der Waals surface area contributed by atoms with Crippen molar-refractivity contribution >= 4 is 21.9 Å². The van der Waals surface area contributed by atoms with E-state index < -0.39 is 5.97 Å². The molecule has 0 fully saturated rings. The average molecular weight is 377 g/mol. The highest BCUT2D eigenvalue weighted by atomic mass is 79.9. The predicted molar refractivity (Wildman–Crippen MR) is 91.9 cm³/mol. The molecule has 0 N–H and O–H groups in total. The largest absolute Gasteiger partial charge is 0.493 e. The molecule has 5 heteroatoms. The van der Waals surface area contributed by atoms with Crippen LogP contribution < -0.4 is 9.47 Å². The number of esters is 1. The Morgan fingerprint density at radius 3 is 2.57 bits per heavy atom. The number of ether oxygens (including phenoxy) is 3. The van der Waals surface area contributed by atoms with Gasteiger partial charge in [0.05, 0.1) is 12.7 Å². The fraction of sp³-hybridized carbons (Fsp3) is 0.167. The molecule has 0 unspecified atom stereocenters. The minimum absolute atomic E-state index is 0.167. The smallest absolute Gasteiger partial charge is 0.338 e. The van der Waals surface area contributed by atoms with Crippen LogP contribution in [0.5, 0.6) is 11.5 Å². The first kappa shape index (κ1) is 17.1. The lowest BCUT2D eigenvalue weighted by Gasteiger charge is -2.12. The Kier molecular flexibility index (Phi) is 6.23. The van der Waals surface area contributed by atoms with Gasteiger partial charge < -0.3 is 14.2 Å². The van der Waals surface area contributed by atoms with Crippen LogP contribution in [-0.2, 0) is 11.3 Å². The second kappa shape index (κ2) is 8.39. The summed E-state index contributed by atoms with van der Waals surface area (Å²) < 4.78 is 17.1. The number of halogens is 1. The summed E-state index contributed by atoms with van der Waals surface area (Å²) in [7, 11) is 1.55. The number of hydrogen-bond acceptors (Lipinski definition) is 4. The summed E-state index contributed by atoms with van der Waals surface area (Å²) in [6.45, 7) is 4.05. The molecule has 0 aliphatic rings. The molecule has 0 radical (unpaired) electrons. The van der Waals surface area contributed by atoms with Crippen molar-refractivity contribution in [2.75, 3.05) is 13.7 Å². The van der Waals surface area contributed by atoms with Gasteiger partial charge in [-0.2, -0.15) is 0 Å². The SMILES string of the molecule is C=CCOC(=O)c1ccc(OC)c(OCc2ccc(Br)cc2)c1. The Bertz CT molecular complexity index is 680. The van der Waals surface area contributed by atoms with Gasteiger partial charge in [-0.3, -0.25) is 0 Å². The molecule has 0 aromatic heterocycles. The molecule has 0 bridgehead atoms. The summed E-state index contributed by atoms with van der Waals surface area (Å²) in [5.74, 6) is 0.617. The normalized spacial score (nSPS) is 10.0. The second-order valence-electron chi connectivity index (χ2n) is 4.67. The summed E-state index contributed by atoms with van der Waals surface area (Å²) >= 11 is 3.39. The van der Waals surface area contributed by atoms with Gasteiger partial charge in [0.15, 0.2) is 11.5 Å². The van der Waals surface area contributed by atoms with Gasteiger partial charge in [-0.15, -0.1) is 0 Å². The van der Waals surface area contributed by atoms with E-state index in [1.54, 1.807) is 25.3 Å². The third-order valence-corrected chi connectivity index (χ3v) is 3.57. The van der Waals surface area contributed by atoms with E-state index >= 15 is 0 Å². The van der Waals surface area contributed by atoms with Gasteiger partial charge in [0, 0.05) is 4.47 Å². The van der Waals surface area contributed by atoms with Crippen molar-refractivity contribution in [2.24, 2.45) is 0 Å². The monoisotopic (exact) mass is 376 g/mol. The van der Waals surface area contributed by atoms with Gasteiger partial charge in [-0.05, 0) is 35.9 Å². The standard InChI is InChI=1S/C18H17BrO4/c1-3-10-22-18(20)14-6-9-16(21-2)17(11-14)23-12-13-4-7-15(19)8-5-13/h3-9,11H,1,10,12H2,2H3. The summed E-state index contributed by atoms with van der Waals surface area (Å²) in [6.07, 6.45) is 1.52. The van der Waals surface area contributed by atoms with E-state index in [1.165, 1.54) is 6.08 Å². The van der Waals surface area contributed by atoms with Gasteiger partial charge >= 0.3 is 5.97 Å². The molecule has 2 aromatic rings. The van der Waals surface area contributed by atoms with Crippen molar-refractivity contribution in [1.82, 2.24) is 0 Å².